The Bertz CT molecular complexity index is 692. The number of nitrogens with two attached hydrogens (primary N) is 1. The molecule has 0 aromatic heterocycles. The Morgan fingerprint density at radius 1 is 1.11 bits per heavy atom. The quantitative estimate of drug-likeness (QED) is 0.687. The number of rotatable bonds is 6. The number of benzene rings is 1. The Kier molecular flexibility index (Phi) is 6.32. The number of alkyl halides is 3. The van der Waals surface area contributed by atoms with Crippen molar-refractivity contribution in [3.05, 3.63) is 35.1 Å². The van der Waals surface area contributed by atoms with Gasteiger partial charge in [-0.05, 0) is 67.7 Å². The van der Waals surface area contributed by atoms with Crippen molar-refractivity contribution in [3.63, 3.8) is 0 Å². The molecule has 2 aliphatic rings. The summed E-state index contributed by atoms with van der Waals surface area (Å²) in [5, 5.41) is 2.95. The lowest BCUT2D eigenvalue weighted by molar-refractivity contribution is -0.137. The maximum Gasteiger partial charge on any atom is 0.416 e. The molecular weight excluding hydrogens is 372 g/mol. The van der Waals surface area contributed by atoms with Gasteiger partial charge in [-0.25, -0.2) is 4.39 Å². The third kappa shape index (κ3) is 5.69. The molecule has 3 rings (SSSR count). The van der Waals surface area contributed by atoms with E-state index in [0.29, 0.717) is 36.9 Å². The minimum absolute atomic E-state index is 0.0206. The predicted molar refractivity (Wildman–Crippen MR) is 99.0 cm³/mol. The SMILES string of the molecule is NC1(CC(=O)NCC2CC(Cc3cc(F)cc(C(F)(F)F)c3)C2)CCCCC1. The van der Waals surface area contributed by atoms with E-state index in [1.165, 1.54) is 12.5 Å². The highest BCUT2D eigenvalue weighted by Gasteiger charge is 2.34. The van der Waals surface area contributed by atoms with E-state index in [1.807, 2.05) is 0 Å². The molecule has 3 N–H and O–H groups in total. The molecule has 2 saturated carbocycles. The van der Waals surface area contributed by atoms with E-state index in [-0.39, 0.29) is 17.4 Å². The number of hydrogen-bond donors (Lipinski definition) is 2. The summed E-state index contributed by atoms with van der Waals surface area (Å²) < 4.78 is 51.9. The molecule has 1 amide bonds. The molecule has 2 aliphatic carbocycles. The van der Waals surface area contributed by atoms with Crippen LogP contribution >= 0.6 is 0 Å². The fourth-order valence-electron chi connectivity index (χ4n) is 4.55. The Hall–Kier alpha value is -1.63. The summed E-state index contributed by atoms with van der Waals surface area (Å²) >= 11 is 0. The van der Waals surface area contributed by atoms with Crippen LogP contribution in [0.4, 0.5) is 17.6 Å². The van der Waals surface area contributed by atoms with Gasteiger partial charge in [0.25, 0.3) is 0 Å². The zero-order valence-corrected chi connectivity index (χ0v) is 16.0. The van der Waals surface area contributed by atoms with Crippen LogP contribution in [0, 0.1) is 17.7 Å². The van der Waals surface area contributed by atoms with Crippen LogP contribution in [0.3, 0.4) is 0 Å². The lowest BCUT2D eigenvalue weighted by Crippen LogP contribution is -2.47. The second-order valence-corrected chi connectivity index (χ2v) is 8.66. The van der Waals surface area contributed by atoms with Gasteiger partial charge in [0.1, 0.15) is 5.82 Å². The molecule has 156 valence electrons. The highest BCUT2D eigenvalue weighted by atomic mass is 19.4. The molecular formula is C21H28F4N2O. The van der Waals surface area contributed by atoms with Gasteiger partial charge in [-0.2, -0.15) is 13.2 Å². The van der Waals surface area contributed by atoms with Crippen molar-refractivity contribution < 1.29 is 22.4 Å². The minimum atomic E-state index is -4.54. The average molecular weight is 400 g/mol. The fraction of sp³-hybridized carbons (Fsp3) is 0.667. The molecule has 0 unspecified atom stereocenters. The van der Waals surface area contributed by atoms with Crippen LogP contribution < -0.4 is 11.1 Å². The number of nitrogens with one attached hydrogen (secondary N) is 1. The first-order valence-electron chi connectivity index (χ1n) is 10.1. The molecule has 3 nitrogen and oxygen atoms in total. The van der Waals surface area contributed by atoms with Crippen LogP contribution in [-0.4, -0.2) is 18.0 Å². The van der Waals surface area contributed by atoms with E-state index in [2.05, 4.69) is 5.32 Å². The minimum Gasteiger partial charge on any atom is -0.356 e. The van der Waals surface area contributed by atoms with Gasteiger partial charge in [0, 0.05) is 18.5 Å². The van der Waals surface area contributed by atoms with Crippen LogP contribution in [0.1, 0.15) is 62.5 Å². The highest BCUT2D eigenvalue weighted by Crippen LogP contribution is 2.37. The van der Waals surface area contributed by atoms with Crippen molar-refractivity contribution >= 4 is 5.91 Å². The standard InChI is InChI=1S/C21H28F4N2O/c22-18-10-15(9-17(11-18)21(23,24)25)6-14-7-16(8-14)13-27-19(28)12-20(26)4-2-1-3-5-20/h9-11,14,16H,1-8,12-13,26H2,(H,27,28). The van der Waals surface area contributed by atoms with Crippen molar-refractivity contribution in [3.8, 4) is 0 Å². The Morgan fingerprint density at radius 2 is 1.79 bits per heavy atom. The van der Waals surface area contributed by atoms with E-state index in [0.717, 1.165) is 44.6 Å². The summed E-state index contributed by atoms with van der Waals surface area (Å²) in [4.78, 5) is 12.2. The molecule has 1 aromatic carbocycles. The Morgan fingerprint density at radius 3 is 2.43 bits per heavy atom. The summed E-state index contributed by atoms with van der Waals surface area (Å²) in [7, 11) is 0. The topological polar surface area (TPSA) is 55.1 Å². The van der Waals surface area contributed by atoms with Gasteiger partial charge in [-0.3, -0.25) is 4.79 Å². The Balaban J connectivity index is 1.40. The zero-order chi connectivity index (χ0) is 20.4. The monoisotopic (exact) mass is 400 g/mol. The molecule has 1 aromatic rings. The molecule has 0 aliphatic heterocycles. The molecule has 0 heterocycles. The number of carbonyl (C=O) groups excluding carboxylic acids is 1. The number of amides is 1. The van der Waals surface area contributed by atoms with Gasteiger partial charge in [-0.15, -0.1) is 0 Å². The van der Waals surface area contributed by atoms with Crippen molar-refractivity contribution in [1.29, 1.82) is 0 Å². The van der Waals surface area contributed by atoms with Gasteiger partial charge >= 0.3 is 6.18 Å². The van der Waals surface area contributed by atoms with Gasteiger partial charge in [0.15, 0.2) is 0 Å². The van der Waals surface area contributed by atoms with Gasteiger partial charge in [-0.1, -0.05) is 19.3 Å². The molecule has 0 atom stereocenters. The summed E-state index contributed by atoms with van der Waals surface area (Å²) in [5.74, 6) is -0.326. The molecule has 0 radical (unpaired) electrons. The van der Waals surface area contributed by atoms with Crippen LogP contribution in [0.15, 0.2) is 18.2 Å². The average Bonchev–Trinajstić information content (AvgIpc) is 2.55. The zero-order valence-electron chi connectivity index (χ0n) is 16.0. The van der Waals surface area contributed by atoms with Gasteiger partial charge in [0.05, 0.1) is 5.56 Å². The van der Waals surface area contributed by atoms with Gasteiger partial charge < -0.3 is 11.1 Å². The third-order valence-electron chi connectivity index (χ3n) is 6.09. The van der Waals surface area contributed by atoms with Crippen LogP contribution in [0.2, 0.25) is 0 Å². The van der Waals surface area contributed by atoms with E-state index in [4.69, 9.17) is 5.73 Å². The fourth-order valence-corrected chi connectivity index (χ4v) is 4.55. The van der Waals surface area contributed by atoms with Crippen molar-refractivity contribution in [2.75, 3.05) is 6.54 Å². The summed E-state index contributed by atoms with van der Waals surface area (Å²) in [6, 6.07) is 2.73. The van der Waals surface area contributed by atoms with Crippen LogP contribution in [-0.2, 0) is 17.4 Å². The molecule has 0 saturated heterocycles. The second-order valence-electron chi connectivity index (χ2n) is 8.66. The smallest absolute Gasteiger partial charge is 0.356 e. The lowest BCUT2D eigenvalue weighted by Gasteiger charge is -2.36. The molecule has 2 fully saturated rings. The van der Waals surface area contributed by atoms with Crippen molar-refractivity contribution in [2.45, 2.75) is 69.5 Å². The summed E-state index contributed by atoms with van der Waals surface area (Å²) in [5.41, 5.74) is 5.36. The first kappa shape index (κ1) is 21.1. The second kappa shape index (κ2) is 8.39. The molecule has 0 spiro atoms. The highest BCUT2D eigenvalue weighted by molar-refractivity contribution is 5.77. The number of hydrogen-bond acceptors (Lipinski definition) is 2. The maximum atomic E-state index is 13.5. The number of carbonyl (C=O) groups is 1. The van der Waals surface area contributed by atoms with Crippen LogP contribution in [0.5, 0.6) is 0 Å². The predicted octanol–water partition coefficient (Wildman–Crippen LogP) is 4.58. The van der Waals surface area contributed by atoms with E-state index in [9.17, 15) is 22.4 Å². The van der Waals surface area contributed by atoms with Gasteiger partial charge in [0.2, 0.25) is 5.91 Å². The normalized spacial score (nSPS) is 24.5. The summed E-state index contributed by atoms with van der Waals surface area (Å²) in [6.45, 7) is 0.572. The van der Waals surface area contributed by atoms with E-state index < -0.39 is 17.6 Å². The van der Waals surface area contributed by atoms with Crippen molar-refractivity contribution in [1.82, 2.24) is 5.32 Å². The largest absolute Gasteiger partial charge is 0.416 e. The van der Waals surface area contributed by atoms with Crippen LogP contribution in [0.25, 0.3) is 0 Å². The van der Waals surface area contributed by atoms with E-state index >= 15 is 0 Å². The first-order chi connectivity index (χ1) is 13.1. The molecule has 28 heavy (non-hydrogen) atoms. The third-order valence-corrected chi connectivity index (χ3v) is 6.09. The maximum absolute atomic E-state index is 13.5. The first-order valence-corrected chi connectivity index (χ1v) is 10.1. The Labute approximate surface area is 163 Å². The molecule has 0 bridgehead atoms. The summed E-state index contributed by atoms with van der Waals surface area (Å²) in [6.07, 6.45) is 3.00. The van der Waals surface area contributed by atoms with Crippen molar-refractivity contribution in [2.24, 2.45) is 17.6 Å². The lowest BCUT2D eigenvalue weighted by atomic mass is 9.72. The molecule has 7 heteroatoms. The number of halogens is 4. The van der Waals surface area contributed by atoms with E-state index in [1.54, 1.807) is 0 Å².